The van der Waals surface area contributed by atoms with Gasteiger partial charge in [-0.2, -0.15) is 0 Å². The van der Waals surface area contributed by atoms with E-state index in [2.05, 4.69) is 5.32 Å². The van der Waals surface area contributed by atoms with Crippen molar-refractivity contribution in [2.24, 2.45) is 5.92 Å². The van der Waals surface area contributed by atoms with Gasteiger partial charge in [-0.1, -0.05) is 25.1 Å². The molecule has 1 atom stereocenters. The lowest BCUT2D eigenvalue weighted by atomic mass is 10.1. The van der Waals surface area contributed by atoms with Gasteiger partial charge in [-0.15, -0.1) is 0 Å². The third kappa shape index (κ3) is 4.08. The molecule has 0 fully saturated rings. The average Bonchev–Trinajstić information content (AvgIpc) is 2.60. The molecule has 0 spiro atoms. The second kappa shape index (κ2) is 7.40. The van der Waals surface area contributed by atoms with Crippen molar-refractivity contribution in [2.75, 3.05) is 6.54 Å². The number of amides is 1. The minimum absolute atomic E-state index is 0.000368. The smallest absolute Gasteiger partial charge is 0.251 e. The van der Waals surface area contributed by atoms with Crippen LogP contribution in [-0.4, -0.2) is 26.7 Å². The highest BCUT2D eigenvalue weighted by Crippen LogP contribution is 2.20. The van der Waals surface area contributed by atoms with Crippen molar-refractivity contribution in [3.8, 4) is 0 Å². The first kappa shape index (κ1) is 17.9. The number of carbonyl (C=O) groups is 2. The molecule has 6 heteroatoms. The van der Waals surface area contributed by atoms with Crippen LogP contribution in [-0.2, 0) is 14.6 Å². The molecule has 0 aromatic heterocycles. The van der Waals surface area contributed by atoms with E-state index in [-0.39, 0.29) is 33.9 Å². The van der Waals surface area contributed by atoms with Gasteiger partial charge in [0.05, 0.1) is 9.79 Å². The van der Waals surface area contributed by atoms with Gasteiger partial charge >= 0.3 is 0 Å². The van der Waals surface area contributed by atoms with Crippen LogP contribution in [0.3, 0.4) is 0 Å². The lowest BCUT2D eigenvalue weighted by molar-refractivity contribution is -0.120. The molecule has 0 aliphatic rings. The zero-order valence-electron chi connectivity index (χ0n) is 13.5. The lowest BCUT2D eigenvalue weighted by Crippen LogP contribution is -2.30. The van der Waals surface area contributed by atoms with E-state index in [1.165, 1.54) is 43.3 Å². The molecule has 24 heavy (non-hydrogen) atoms. The summed E-state index contributed by atoms with van der Waals surface area (Å²) in [6, 6.07) is 13.9. The molecule has 1 N–H and O–H groups in total. The third-order valence-electron chi connectivity index (χ3n) is 3.74. The van der Waals surface area contributed by atoms with Crippen molar-refractivity contribution < 1.29 is 18.0 Å². The van der Waals surface area contributed by atoms with Crippen molar-refractivity contribution >= 4 is 21.5 Å². The van der Waals surface area contributed by atoms with E-state index in [4.69, 9.17) is 0 Å². The summed E-state index contributed by atoms with van der Waals surface area (Å²) in [5.41, 5.74) is 0.345. The molecule has 0 radical (unpaired) electrons. The zero-order valence-corrected chi connectivity index (χ0v) is 14.3. The van der Waals surface area contributed by atoms with Crippen molar-refractivity contribution in [3.05, 3.63) is 60.2 Å². The fraction of sp³-hybridized carbons (Fsp3) is 0.222. The summed E-state index contributed by atoms with van der Waals surface area (Å²) in [7, 11) is -3.59. The molecule has 126 valence electrons. The second-order valence-electron chi connectivity index (χ2n) is 5.56. The second-order valence-corrected chi connectivity index (χ2v) is 7.51. The fourth-order valence-corrected chi connectivity index (χ4v) is 3.29. The van der Waals surface area contributed by atoms with Crippen LogP contribution in [0.1, 0.15) is 24.2 Å². The first-order chi connectivity index (χ1) is 11.3. The monoisotopic (exact) mass is 345 g/mol. The summed E-state index contributed by atoms with van der Waals surface area (Å²) >= 11 is 0. The molecule has 0 saturated heterocycles. The molecule has 0 aliphatic carbocycles. The van der Waals surface area contributed by atoms with Gasteiger partial charge in [0.15, 0.2) is 0 Å². The Hall–Kier alpha value is -2.47. The van der Waals surface area contributed by atoms with Gasteiger partial charge in [0.1, 0.15) is 5.78 Å². The largest absolute Gasteiger partial charge is 0.351 e. The van der Waals surface area contributed by atoms with E-state index in [9.17, 15) is 18.0 Å². The van der Waals surface area contributed by atoms with Crippen LogP contribution >= 0.6 is 0 Å². The van der Waals surface area contributed by atoms with Gasteiger partial charge in [-0.25, -0.2) is 8.42 Å². The number of ketones is 1. The predicted molar refractivity (Wildman–Crippen MR) is 90.5 cm³/mol. The quantitative estimate of drug-likeness (QED) is 0.872. The van der Waals surface area contributed by atoms with Gasteiger partial charge < -0.3 is 5.32 Å². The lowest BCUT2D eigenvalue weighted by Gasteiger charge is -2.10. The standard InChI is InChI=1S/C18H19NO4S/c1-13(14(2)20)12-19-18(21)15-8-10-17(11-9-15)24(22,23)16-6-4-3-5-7-16/h3-11,13H,12H2,1-2H3,(H,19,21). The van der Waals surface area contributed by atoms with Gasteiger partial charge in [0.25, 0.3) is 5.91 Å². The number of hydrogen-bond acceptors (Lipinski definition) is 4. The Morgan fingerprint density at radius 3 is 2.04 bits per heavy atom. The predicted octanol–water partition coefficient (Wildman–Crippen LogP) is 2.47. The van der Waals surface area contributed by atoms with Gasteiger partial charge in [0.2, 0.25) is 9.84 Å². The molecule has 1 amide bonds. The molecule has 2 aromatic rings. The number of carbonyl (C=O) groups excluding carboxylic acids is 2. The number of hydrogen-bond donors (Lipinski definition) is 1. The summed E-state index contributed by atoms with van der Waals surface area (Å²) in [5, 5.41) is 2.66. The van der Waals surface area contributed by atoms with Crippen molar-refractivity contribution in [2.45, 2.75) is 23.6 Å². The highest BCUT2D eigenvalue weighted by Gasteiger charge is 2.18. The summed E-state index contributed by atoms with van der Waals surface area (Å²) in [4.78, 5) is 23.5. The van der Waals surface area contributed by atoms with E-state index in [1.807, 2.05) is 0 Å². The van der Waals surface area contributed by atoms with Gasteiger partial charge in [-0.05, 0) is 43.3 Å². The Kier molecular flexibility index (Phi) is 5.51. The first-order valence-electron chi connectivity index (χ1n) is 7.51. The maximum absolute atomic E-state index is 12.5. The van der Waals surface area contributed by atoms with Crippen molar-refractivity contribution in [1.29, 1.82) is 0 Å². The zero-order chi connectivity index (χ0) is 17.7. The van der Waals surface area contributed by atoms with E-state index >= 15 is 0 Å². The molecule has 0 heterocycles. The average molecular weight is 345 g/mol. The first-order valence-corrected chi connectivity index (χ1v) is 8.99. The minimum atomic E-state index is -3.59. The Balaban J connectivity index is 2.13. The Bertz CT molecular complexity index is 827. The normalized spacial score (nSPS) is 12.4. The SMILES string of the molecule is CC(=O)C(C)CNC(=O)c1ccc(S(=O)(=O)c2ccccc2)cc1. The van der Waals surface area contributed by atoms with E-state index in [1.54, 1.807) is 25.1 Å². The number of sulfone groups is 1. The van der Waals surface area contributed by atoms with Crippen LogP contribution in [0.25, 0.3) is 0 Å². The molecule has 0 bridgehead atoms. The van der Waals surface area contributed by atoms with Crippen LogP contribution in [0.2, 0.25) is 0 Å². The molecular weight excluding hydrogens is 326 g/mol. The van der Waals surface area contributed by atoms with E-state index < -0.39 is 9.84 Å². The van der Waals surface area contributed by atoms with Gasteiger partial charge in [-0.3, -0.25) is 9.59 Å². The summed E-state index contributed by atoms with van der Waals surface area (Å²) in [5.74, 6) is -0.599. The number of benzene rings is 2. The van der Waals surface area contributed by atoms with E-state index in [0.29, 0.717) is 5.56 Å². The Morgan fingerprint density at radius 1 is 0.958 bits per heavy atom. The van der Waals surface area contributed by atoms with Crippen molar-refractivity contribution in [1.82, 2.24) is 5.32 Å². The van der Waals surface area contributed by atoms with Crippen LogP contribution in [0.4, 0.5) is 0 Å². The van der Waals surface area contributed by atoms with Gasteiger partial charge in [0, 0.05) is 18.0 Å². The molecule has 0 saturated carbocycles. The number of Topliss-reactive ketones (excluding diaryl/α,β-unsaturated/α-hetero) is 1. The molecular formula is C18H19NO4S. The highest BCUT2D eigenvalue weighted by atomic mass is 32.2. The topological polar surface area (TPSA) is 80.3 Å². The van der Waals surface area contributed by atoms with E-state index in [0.717, 1.165) is 0 Å². The summed E-state index contributed by atoms with van der Waals surface area (Å²) < 4.78 is 24.9. The summed E-state index contributed by atoms with van der Waals surface area (Å²) in [6.07, 6.45) is 0. The van der Waals surface area contributed by atoms with Crippen LogP contribution in [0.15, 0.2) is 64.4 Å². The molecule has 2 aromatic carbocycles. The van der Waals surface area contributed by atoms with Crippen LogP contribution in [0.5, 0.6) is 0 Å². The maximum Gasteiger partial charge on any atom is 0.251 e. The van der Waals surface area contributed by atoms with Crippen molar-refractivity contribution in [3.63, 3.8) is 0 Å². The molecule has 2 rings (SSSR count). The number of nitrogens with one attached hydrogen (secondary N) is 1. The van der Waals surface area contributed by atoms with Crippen LogP contribution in [0, 0.1) is 5.92 Å². The fourth-order valence-electron chi connectivity index (χ4n) is 2.01. The number of rotatable bonds is 6. The highest BCUT2D eigenvalue weighted by molar-refractivity contribution is 7.91. The Morgan fingerprint density at radius 2 is 1.50 bits per heavy atom. The molecule has 5 nitrogen and oxygen atoms in total. The maximum atomic E-state index is 12.5. The third-order valence-corrected chi connectivity index (χ3v) is 5.53. The molecule has 1 unspecified atom stereocenters. The molecule has 0 aliphatic heterocycles. The minimum Gasteiger partial charge on any atom is -0.351 e. The Labute approximate surface area is 141 Å². The summed E-state index contributed by atoms with van der Waals surface area (Å²) in [6.45, 7) is 3.45. The van der Waals surface area contributed by atoms with Crippen LogP contribution < -0.4 is 5.32 Å².